The Kier molecular flexibility index (Phi) is 5.00. The van der Waals surface area contributed by atoms with E-state index in [0.717, 1.165) is 0 Å². The maximum absolute atomic E-state index is 11.9. The Bertz CT molecular complexity index is 641. The van der Waals surface area contributed by atoms with E-state index >= 15 is 0 Å². The van der Waals surface area contributed by atoms with Gasteiger partial charge in [-0.05, 0) is 30.3 Å². The molecule has 2 aromatic rings. The van der Waals surface area contributed by atoms with Crippen LogP contribution in [0.5, 0.6) is 0 Å². The number of carbonyl (C=O) groups excluding carboxylic acids is 1. The molecule has 0 spiro atoms. The summed E-state index contributed by atoms with van der Waals surface area (Å²) in [6.07, 6.45) is 0. The predicted molar refractivity (Wildman–Crippen MR) is 85.6 cm³/mol. The Morgan fingerprint density at radius 1 is 0.800 bits per heavy atom. The molecule has 2 amide bonds. The first-order chi connectivity index (χ1) is 9.47. The van der Waals surface area contributed by atoms with Crippen molar-refractivity contribution >= 4 is 63.8 Å². The van der Waals surface area contributed by atoms with Crippen molar-refractivity contribution in [1.82, 2.24) is 0 Å². The lowest BCUT2D eigenvalue weighted by Crippen LogP contribution is -2.19. The van der Waals surface area contributed by atoms with Crippen molar-refractivity contribution in [2.75, 3.05) is 10.6 Å². The van der Waals surface area contributed by atoms with E-state index in [1.807, 2.05) is 0 Å². The summed E-state index contributed by atoms with van der Waals surface area (Å²) in [5.41, 5.74) is 0.841. The van der Waals surface area contributed by atoms with Crippen molar-refractivity contribution in [2.24, 2.45) is 0 Å². The highest BCUT2D eigenvalue weighted by atomic mass is 35.5. The third-order valence-corrected chi connectivity index (χ3v) is 3.75. The van der Waals surface area contributed by atoms with E-state index < -0.39 is 6.03 Å². The molecule has 0 aliphatic rings. The standard InChI is InChI=1S/C13H8Cl4N2O/c14-8-5-4-7(6-11(8)17)18-13(20)19-12-9(15)2-1-3-10(12)16/h1-6H,(H2,18,19,20). The zero-order valence-electron chi connectivity index (χ0n) is 9.88. The second-order valence-corrected chi connectivity index (χ2v) is 5.43. The van der Waals surface area contributed by atoms with Crippen LogP contribution in [0, 0.1) is 0 Å². The Labute approximate surface area is 135 Å². The van der Waals surface area contributed by atoms with E-state index in [2.05, 4.69) is 10.6 Å². The maximum Gasteiger partial charge on any atom is 0.323 e. The van der Waals surface area contributed by atoms with E-state index in [0.29, 0.717) is 31.5 Å². The van der Waals surface area contributed by atoms with Crippen LogP contribution in [0.2, 0.25) is 20.1 Å². The fraction of sp³-hybridized carbons (Fsp3) is 0. The number of carbonyl (C=O) groups is 1. The van der Waals surface area contributed by atoms with Crippen LogP contribution < -0.4 is 10.6 Å². The van der Waals surface area contributed by atoms with Gasteiger partial charge in [0.25, 0.3) is 0 Å². The zero-order valence-corrected chi connectivity index (χ0v) is 12.9. The molecule has 0 bridgehead atoms. The largest absolute Gasteiger partial charge is 0.323 e. The fourth-order valence-electron chi connectivity index (χ4n) is 1.47. The molecular weight excluding hydrogens is 342 g/mol. The average molecular weight is 350 g/mol. The van der Waals surface area contributed by atoms with Crippen LogP contribution >= 0.6 is 46.4 Å². The number of hydrogen-bond donors (Lipinski definition) is 2. The number of halogens is 4. The van der Waals surface area contributed by atoms with Crippen molar-refractivity contribution in [3.05, 3.63) is 56.5 Å². The highest BCUT2D eigenvalue weighted by Gasteiger charge is 2.10. The van der Waals surface area contributed by atoms with Crippen LogP contribution in [0.3, 0.4) is 0 Å². The molecule has 7 heteroatoms. The van der Waals surface area contributed by atoms with Crippen LogP contribution in [-0.2, 0) is 0 Å². The topological polar surface area (TPSA) is 41.1 Å². The van der Waals surface area contributed by atoms with Gasteiger partial charge in [0.05, 0.1) is 25.8 Å². The summed E-state index contributed by atoms with van der Waals surface area (Å²) in [4.78, 5) is 11.9. The summed E-state index contributed by atoms with van der Waals surface area (Å²) in [7, 11) is 0. The Balaban J connectivity index is 2.11. The lowest BCUT2D eigenvalue weighted by molar-refractivity contribution is 0.262. The molecular formula is C13H8Cl4N2O. The second-order valence-electron chi connectivity index (χ2n) is 3.80. The molecule has 0 radical (unpaired) electrons. The number of nitrogens with one attached hydrogen (secondary N) is 2. The van der Waals surface area contributed by atoms with Crippen molar-refractivity contribution in [2.45, 2.75) is 0 Å². The molecule has 20 heavy (non-hydrogen) atoms. The van der Waals surface area contributed by atoms with Crippen LogP contribution in [0.1, 0.15) is 0 Å². The van der Waals surface area contributed by atoms with Crippen molar-refractivity contribution < 1.29 is 4.79 Å². The van der Waals surface area contributed by atoms with E-state index in [-0.39, 0.29) is 0 Å². The number of para-hydroxylation sites is 1. The van der Waals surface area contributed by atoms with Crippen LogP contribution in [0.4, 0.5) is 16.2 Å². The third-order valence-electron chi connectivity index (χ3n) is 2.38. The van der Waals surface area contributed by atoms with Crippen LogP contribution in [0.15, 0.2) is 36.4 Å². The van der Waals surface area contributed by atoms with Gasteiger partial charge >= 0.3 is 6.03 Å². The Hall–Kier alpha value is -1.13. The Morgan fingerprint density at radius 2 is 1.45 bits per heavy atom. The molecule has 2 aromatic carbocycles. The predicted octanol–water partition coefficient (Wildman–Crippen LogP) is 5.94. The molecule has 0 heterocycles. The van der Waals surface area contributed by atoms with Crippen LogP contribution in [0.25, 0.3) is 0 Å². The molecule has 0 unspecified atom stereocenters. The van der Waals surface area contributed by atoms with Crippen molar-refractivity contribution in [3.8, 4) is 0 Å². The minimum atomic E-state index is -0.488. The van der Waals surface area contributed by atoms with Gasteiger partial charge in [0.15, 0.2) is 0 Å². The fourth-order valence-corrected chi connectivity index (χ4v) is 2.26. The number of rotatable bonds is 2. The molecule has 0 aliphatic heterocycles. The lowest BCUT2D eigenvalue weighted by atomic mass is 10.3. The first-order valence-corrected chi connectivity index (χ1v) is 6.95. The normalized spacial score (nSPS) is 10.2. The number of hydrogen-bond acceptors (Lipinski definition) is 1. The number of urea groups is 1. The van der Waals surface area contributed by atoms with E-state index in [1.165, 1.54) is 6.07 Å². The smallest absolute Gasteiger partial charge is 0.308 e. The van der Waals surface area contributed by atoms with Gasteiger partial charge in [-0.2, -0.15) is 0 Å². The highest BCUT2D eigenvalue weighted by Crippen LogP contribution is 2.30. The summed E-state index contributed by atoms with van der Waals surface area (Å²) in [6, 6.07) is 9.21. The lowest BCUT2D eigenvalue weighted by Gasteiger charge is -2.10. The van der Waals surface area contributed by atoms with Gasteiger partial charge in [-0.1, -0.05) is 52.5 Å². The molecule has 0 saturated carbocycles. The molecule has 0 saturated heterocycles. The molecule has 0 atom stereocenters. The molecule has 0 fully saturated rings. The summed E-state index contributed by atoms with van der Waals surface area (Å²) < 4.78 is 0. The maximum atomic E-state index is 11.9. The van der Waals surface area contributed by atoms with Gasteiger partial charge < -0.3 is 10.6 Å². The van der Waals surface area contributed by atoms with Gasteiger partial charge in [0.2, 0.25) is 0 Å². The van der Waals surface area contributed by atoms with Gasteiger partial charge in [-0.25, -0.2) is 4.79 Å². The minimum Gasteiger partial charge on any atom is -0.308 e. The van der Waals surface area contributed by atoms with Gasteiger partial charge in [-0.3, -0.25) is 0 Å². The molecule has 3 nitrogen and oxygen atoms in total. The SMILES string of the molecule is O=C(Nc1ccc(Cl)c(Cl)c1)Nc1c(Cl)cccc1Cl. The molecule has 104 valence electrons. The monoisotopic (exact) mass is 348 g/mol. The molecule has 2 N–H and O–H groups in total. The second kappa shape index (κ2) is 6.55. The van der Waals surface area contributed by atoms with Crippen LogP contribution in [-0.4, -0.2) is 6.03 Å². The summed E-state index contributed by atoms with van der Waals surface area (Å²) in [5.74, 6) is 0. The van der Waals surface area contributed by atoms with Gasteiger partial charge in [0.1, 0.15) is 0 Å². The number of anilines is 2. The van der Waals surface area contributed by atoms with E-state index in [4.69, 9.17) is 46.4 Å². The Morgan fingerprint density at radius 3 is 2.05 bits per heavy atom. The number of amides is 2. The third kappa shape index (κ3) is 3.70. The molecule has 0 aromatic heterocycles. The van der Waals surface area contributed by atoms with Crippen molar-refractivity contribution in [3.63, 3.8) is 0 Å². The number of benzene rings is 2. The summed E-state index contributed by atoms with van der Waals surface area (Å²) in [6.45, 7) is 0. The van der Waals surface area contributed by atoms with Gasteiger partial charge in [0, 0.05) is 5.69 Å². The molecule has 2 rings (SSSR count). The summed E-state index contributed by atoms with van der Waals surface area (Å²) in [5, 5.41) is 6.63. The zero-order chi connectivity index (χ0) is 14.7. The first kappa shape index (κ1) is 15.3. The average Bonchev–Trinajstić information content (AvgIpc) is 2.38. The highest BCUT2D eigenvalue weighted by molar-refractivity contribution is 6.42. The van der Waals surface area contributed by atoms with Crippen molar-refractivity contribution in [1.29, 1.82) is 0 Å². The minimum absolute atomic E-state index is 0.341. The van der Waals surface area contributed by atoms with E-state index in [9.17, 15) is 4.79 Å². The summed E-state index contributed by atoms with van der Waals surface area (Å²) >= 11 is 23.6. The molecule has 0 aliphatic carbocycles. The van der Waals surface area contributed by atoms with Gasteiger partial charge in [-0.15, -0.1) is 0 Å². The quantitative estimate of drug-likeness (QED) is 0.691. The van der Waals surface area contributed by atoms with E-state index in [1.54, 1.807) is 30.3 Å². The first-order valence-electron chi connectivity index (χ1n) is 5.44.